The maximum atomic E-state index is 10.6. The van der Waals surface area contributed by atoms with Crippen molar-refractivity contribution in [3.8, 4) is 5.75 Å². The van der Waals surface area contributed by atoms with Crippen molar-refractivity contribution in [3.05, 3.63) is 35.4 Å². The number of carboxylic acid groups (broad SMARTS) is 1. The number of rotatable bonds is 8. The first-order valence-corrected chi connectivity index (χ1v) is 6.91. The molecule has 0 aliphatic rings. The third-order valence-corrected chi connectivity index (χ3v) is 3.09. The van der Waals surface area contributed by atoms with Gasteiger partial charge in [-0.1, -0.05) is 19.9 Å². The number of nitrogens with zero attached hydrogens (tertiary/aromatic N) is 1. The Morgan fingerprint density at radius 2 is 2.15 bits per heavy atom. The van der Waals surface area contributed by atoms with Gasteiger partial charge in [0.2, 0.25) is 0 Å². The molecule has 1 aromatic carbocycles. The molecule has 110 valence electrons. The third kappa shape index (κ3) is 5.05. The molecule has 20 heavy (non-hydrogen) atoms. The zero-order valence-corrected chi connectivity index (χ0v) is 12.4. The van der Waals surface area contributed by atoms with Crippen LogP contribution in [-0.4, -0.2) is 36.2 Å². The van der Waals surface area contributed by atoms with E-state index in [2.05, 4.69) is 18.7 Å². The van der Waals surface area contributed by atoms with Gasteiger partial charge in [-0.2, -0.15) is 0 Å². The molecule has 0 aromatic heterocycles. The van der Waals surface area contributed by atoms with E-state index in [1.54, 1.807) is 13.2 Å². The van der Waals surface area contributed by atoms with Crippen LogP contribution in [0.2, 0.25) is 0 Å². The molecule has 0 fully saturated rings. The Morgan fingerprint density at radius 1 is 1.40 bits per heavy atom. The Hall–Kier alpha value is -1.81. The van der Waals surface area contributed by atoms with Crippen molar-refractivity contribution in [1.29, 1.82) is 0 Å². The summed E-state index contributed by atoms with van der Waals surface area (Å²) in [4.78, 5) is 13.0. The highest BCUT2D eigenvalue weighted by atomic mass is 16.5. The second-order valence-corrected chi connectivity index (χ2v) is 4.62. The van der Waals surface area contributed by atoms with Gasteiger partial charge in [-0.05, 0) is 43.3 Å². The predicted octanol–water partition coefficient (Wildman–Crippen LogP) is 3.02. The van der Waals surface area contributed by atoms with Crippen molar-refractivity contribution < 1.29 is 14.6 Å². The lowest BCUT2D eigenvalue weighted by Gasteiger charge is -2.20. The molecule has 4 heteroatoms. The Labute approximate surface area is 120 Å². The second kappa shape index (κ2) is 8.38. The zero-order chi connectivity index (χ0) is 15.0. The molecule has 0 amide bonds. The van der Waals surface area contributed by atoms with E-state index >= 15 is 0 Å². The standard InChI is InChI=1S/C16H23NO3/c1-4-10-17(5-2)12-13-6-8-15(20-3)14(11-13)7-9-16(18)19/h6-9,11H,4-5,10,12H2,1-3H3,(H,18,19). The molecule has 0 aliphatic heterocycles. The fourth-order valence-electron chi connectivity index (χ4n) is 2.10. The number of ether oxygens (including phenoxy) is 1. The van der Waals surface area contributed by atoms with Crippen LogP contribution in [0, 0.1) is 0 Å². The van der Waals surface area contributed by atoms with E-state index in [-0.39, 0.29) is 0 Å². The predicted molar refractivity (Wildman–Crippen MR) is 80.9 cm³/mol. The zero-order valence-electron chi connectivity index (χ0n) is 12.4. The normalized spacial score (nSPS) is 11.2. The van der Waals surface area contributed by atoms with Crippen LogP contribution in [0.5, 0.6) is 5.75 Å². The minimum atomic E-state index is -0.960. The molecular weight excluding hydrogens is 254 g/mol. The average Bonchev–Trinajstić information content (AvgIpc) is 2.44. The van der Waals surface area contributed by atoms with Gasteiger partial charge in [-0.3, -0.25) is 4.90 Å². The molecule has 0 saturated heterocycles. The Kier molecular flexibility index (Phi) is 6.81. The first-order chi connectivity index (χ1) is 9.60. The topological polar surface area (TPSA) is 49.8 Å². The van der Waals surface area contributed by atoms with Gasteiger partial charge in [-0.15, -0.1) is 0 Å². The van der Waals surface area contributed by atoms with Crippen molar-refractivity contribution in [3.63, 3.8) is 0 Å². The lowest BCUT2D eigenvalue weighted by Crippen LogP contribution is -2.23. The number of carbonyl (C=O) groups is 1. The summed E-state index contributed by atoms with van der Waals surface area (Å²) in [5.74, 6) is -0.275. The summed E-state index contributed by atoms with van der Waals surface area (Å²) in [6.45, 7) is 7.23. The van der Waals surface area contributed by atoms with E-state index in [9.17, 15) is 4.79 Å². The van der Waals surface area contributed by atoms with Crippen molar-refractivity contribution in [2.45, 2.75) is 26.8 Å². The molecule has 1 N–H and O–H groups in total. The summed E-state index contributed by atoms with van der Waals surface area (Å²) >= 11 is 0. The lowest BCUT2D eigenvalue weighted by molar-refractivity contribution is -0.131. The van der Waals surface area contributed by atoms with E-state index in [0.29, 0.717) is 5.75 Å². The molecule has 0 atom stereocenters. The van der Waals surface area contributed by atoms with Crippen LogP contribution >= 0.6 is 0 Å². The number of hydrogen-bond acceptors (Lipinski definition) is 3. The molecule has 0 unspecified atom stereocenters. The molecule has 0 radical (unpaired) electrons. The first-order valence-electron chi connectivity index (χ1n) is 6.91. The van der Waals surface area contributed by atoms with Gasteiger partial charge < -0.3 is 9.84 Å². The van der Waals surface area contributed by atoms with Gasteiger partial charge in [0, 0.05) is 18.2 Å². The van der Waals surface area contributed by atoms with Gasteiger partial charge >= 0.3 is 5.97 Å². The minimum Gasteiger partial charge on any atom is -0.496 e. The molecule has 0 aliphatic carbocycles. The summed E-state index contributed by atoms with van der Waals surface area (Å²) < 4.78 is 5.25. The SMILES string of the molecule is CCCN(CC)Cc1ccc(OC)c(C=CC(=O)O)c1. The fourth-order valence-corrected chi connectivity index (χ4v) is 2.10. The van der Waals surface area contributed by atoms with Crippen LogP contribution in [0.4, 0.5) is 0 Å². The molecule has 0 bridgehead atoms. The monoisotopic (exact) mass is 277 g/mol. The van der Waals surface area contributed by atoms with Gasteiger partial charge in [0.25, 0.3) is 0 Å². The molecule has 4 nitrogen and oxygen atoms in total. The molecule has 0 saturated carbocycles. The molecule has 0 heterocycles. The van der Waals surface area contributed by atoms with Gasteiger partial charge in [0.05, 0.1) is 7.11 Å². The van der Waals surface area contributed by atoms with Crippen LogP contribution in [0.3, 0.4) is 0 Å². The largest absolute Gasteiger partial charge is 0.496 e. The number of benzene rings is 1. The highest BCUT2D eigenvalue weighted by Gasteiger charge is 2.06. The van der Waals surface area contributed by atoms with E-state index < -0.39 is 5.97 Å². The van der Waals surface area contributed by atoms with Crippen molar-refractivity contribution >= 4 is 12.0 Å². The summed E-state index contributed by atoms with van der Waals surface area (Å²) in [6.07, 6.45) is 3.82. The highest BCUT2D eigenvalue weighted by molar-refractivity contribution is 5.85. The maximum Gasteiger partial charge on any atom is 0.328 e. The number of aliphatic carboxylic acids is 1. The summed E-state index contributed by atoms with van der Waals surface area (Å²) in [6, 6.07) is 5.89. The summed E-state index contributed by atoms with van der Waals surface area (Å²) in [5.41, 5.74) is 1.95. The van der Waals surface area contributed by atoms with Crippen molar-refractivity contribution in [2.75, 3.05) is 20.2 Å². The molecule has 1 rings (SSSR count). The van der Waals surface area contributed by atoms with Gasteiger partial charge in [-0.25, -0.2) is 4.79 Å². The first kappa shape index (κ1) is 16.2. The lowest BCUT2D eigenvalue weighted by atomic mass is 10.1. The molecular formula is C16H23NO3. The highest BCUT2D eigenvalue weighted by Crippen LogP contribution is 2.22. The Bertz CT molecular complexity index is 469. The minimum absolute atomic E-state index is 0.685. The van der Waals surface area contributed by atoms with E-state index in [4.69, 9.17) is 9.84 Å². The quantitative estimate of drug-likeness (QED) is 0.742. The fraction of sp³-hybridized carbons (Fsp3) is 0.438. The average molecular weight is 277 g/mol. The van der Waals surface area contributed by atoms with Crippen molar-refractivity contribution in [1.82, 2.24) is 4.90 Å². The number of hydrogen-bond donors (Lipinski definition) is 1. The van der Waals surface area contributed by atoms with Gasteiger partial charge in [0.15, 0.2) is 0 Å². The van der Waals surface area contributed by atoms with Crippen molar-refractivity contribution in [2.24, 2.45) is 0 Å². The Balaban J connectivity index is 2.93. The van der Waals surface area contributed by atoms with Crippen LogP contribution in [0.15, 0.2) is 24.3 Å². The van der Waals surface area contributed by atoms with Gasteiger partial charge in [0.1, 0.15) is 5.75 Å². The summed E-state index contributed by atoms with van der Waals surface area (Å²) in [5, 5.41) is 8.73. The number of methoxy groups -OCH3 is 1. The maximum absolute atomic E-state index is 10.6. The van der Waals surface area contributed by atoms with Crippen LogP contribution in [-0.2, 0) is 11.3 Å². The van der Waals surface area contributed by atoms with E-state index in [0.717, 1.165) is 43.3 Å². The third-order valence-electron chi connectivity index (χ3n) is 3.09. The Morgan fingerprint density at radius 3 is 2.70 bits per heavy atom. The van der Waals surface area contributed by atoms with Crippen LogP contribution in [0.25, 0.3) is 6.08 Å². The smallest absolute Gasteiger partial charge is 0.328 e. The molecule has 1 aromatic rings. The van der Waals surface area contributed by atoms with Crippen LogP contribution in [0.1, 0.15) is 31.4 Å². The number of carboxylic acids is 1. The van der Waals surface area contributed by atoms with Crippen LogP contribution < -0.4 is 4.74 Å². The molecule has 0 spiro atoms. The van der Waals surface area contributed by atoms with E-state index in [1.165, 1.54) is 0 Å². The summed E-state index contributed by atoms with van der Waals surface area (Å²) in [7, 11) is 1.59. The second-order valence-electron chi connectivity index (χ2n) is 4.62. The van der Waals surface area contributed by atoms with E-state index in [1.807, 2.05) is 18.2 Å².